The number of methoxy groups -OCH3 is 1. The van der Waals surface area contributed by atoms with Gasteiger partial charge in [0.15, 0.2) is 5.65 Å². The molecule has 8 nitrogen and oxygen atoms in total. The van der Waals surface area contributed by atoms with Crippen LogP contribution in [0.4, 0.5) is 5.82 Å². The van der Waals surface area contributed by atoms with E-state index in [0.717, 1.165) is 0 Å². The molecule has 5 rings (SSSR count). The van der Waals surface area contributed by atoms with Crippen molar-refractivity contribution in [2.45, 2.75) is 9.79 Å². The molecule has 0 aliphatic carbocycles. The Kier molecular flexibility index (Phi) is 5.43. The number of benzene rings is 3. The number of nitrogen functional groups attached to an aromatic ring is 1. The molecule has 0 saturated carbocycles. The summed E-state index contributed by atoms with van der Waals surface area (Å²) < 4.78 is 34.0. The molecule has 170 valence electrons. The Bertz CT molecular complexity index is 1700. The van der Waals surface area contributed by atoms with Crippen LogP contribution in [0.5, 0.6) is 5.75 Å². The van der Waals surface area contributed by atoms with E-state index in [1.54, 1.807) is 43.5 Å². The molecule has 0 aliphatic rings. The zero-order valence-electron chi connectivity index (χ0n) is 17.9. The van der Waals surface area contributed by atoms with Crippen LogP contribution in [0.2, 0.25) is 5.02 Å². The molecule has 2 aromatic heterocycles. The van der Waals surface area contributed by atoms with E-state index in [9.17, 15) is 8.42 Å². The van der Waals surface area contributed by atoms with Gasteiger partial charge >= 0.3 is 0 Å². The number of sulfone groups is 1. The number of halogens is 1. The molecule has 34 heavy (non-hydrogen) atoms. The highest BCUT2D eigenvalue weighted by molar-refractivity contribution is 7.92. The Morgan fingerprint density at radius 2 is 1.71 bits per heavy atom. The van der Waals surface area contributed by atoms with Gasteiger partial charge in [-0.25, -0.2) is 18.4 Å². The van der Waals surface area contributed by atoms with Crippen LogP contribution in [0.3, 0.4) is 0 Å². The van der Waals surface area contributed by atoms with Gasteiger partial charge in [-0.15, -0.1) is 0 Å². The first-order chi connectivity index (χ1) is 16.4. The van der Waals surface area contributed by atoms with Gasteiger partial charge < -0.3 is 10.5 Å². The van der Waals surface area contributed by atoms with E-state index in [1.165, 1.54) is 23.0 Å². The number of anilines is 1. The number of para-hydroxylation sites is 3. The molecule has 0 bridgehead atoms. The molecule has 0 unspecified atom stereocenters. The van der Waals surface area contributed by atoms with Crippen molar-refractivity contribution in [2.24, 2.45) is 5.10 Å². The number of hydrogen-bond acceptors (Lipinski definition) is 7. The lowest BCUT2D eigenvalue weighted by atomic mass is 10.2. The van der Waals surface area contributed by atoms with Gasteiger partial charge in [0.1, 0.15) is 22.0 Å². The SMILES string of the molecule is COc1ccccc1/C=N\n1c(N)c(S(=O)(=O)c2cccc(Cl)c2)c2nc3ccccc3nc21. The van der Waals surface area contributed by atoms with E-state index in [2.05, 4.69) is 15.1 Å². The van der Waals surface area contributed by atoms with Gasteiger partial charge in [0.2, 0.25) is 9.84 Å². The molecule has 3 aromatic carbocycles. The monoisotopic (exact) mass is 491 g/mol. The summed E-state index contributed by atoms with van der Waals surface area (Å²) >= 11 is 6.06. The summed E-state index contributed by atoms with van der Waals surface area (Å²) in [6, 6.07) is 20.4. The summed E-state index contributed by atoms with van der Waals surface area (Å²) in [6.45, 7) is 0. The largest absolute Gasteiger partial charge is 0.496 e. The molecule has 2 heterocycles. The zero-order chi connectivity index (χ0) is 23.9. The molecular weight excluding hydrogens is 474 g/mol. The molecule has 5 aromatic rings. The van der Waals surface area contributed by atoms with Crippen LogP contribution in [0, 0.1) is 0 Å². The first-order valence-corrected chi connectivity index (χ1v) is 12.0. The maximum Gasteiger partial charge on any atom is 0.212 e. The van der Waals surface area contributed by atoms with E-state index in [-0.39, 0.29) is 31.8 Å². The van der Waals surface area contributed by atoms with Gasteiger partial charge in [0, 0.05) is 10.6 Å². The molecule has 10 heteroatoms. The second-order valence-corrected chi connectivity index (χ2v) is 9.68. The lowest BCUT2D eigenvalue weighted by Gasteiger charge is -2.06. The Balaban J connectivity index is 1.80. The number of nitrogens with zero attached hydrogens (tertiary/aromatic N) is 4. The topological polar surface area (TPSA) is 112 Å². The Hall–Kier alpha value is -3.95. The summed E-state index contributed by atoms with van der Waals surface area (Å²) in [6.07, 6.45) is 1.53. The van der Waals surface area contributed by atoms with Crippen molar-refractivity contribution < 1.29 is 13.2 Å². The standard InChI is InChI=1S/C24H18ClN5O3S/c1-33-20-12-5-2-7-15(20)14-27-30-23(26)22(34(31,32)17-9-6-8-16(25)13-17)21-24(30)29-19-11-4-3-10-18(19)28-21/h2-14H,26H2,1H3/b27-14-. The van der Waals surface area contributed by atoms with E-state index >= 15 is 0 Å². The second-order valence-electron chi connectivity index (χ2n) is 7.36. The van der Waals surface area contributed by atoms with Gasteiger partial charge in [0.05, 0.1) is 29.3 Å². The number of ether oxygens (including phenoxy) is 1. The van der Waals surface area contributed by atoms with Crippen LogP contribution in [0.15, 0.2) is 87.7 Å². The van der Waals surface area contributed by atoms with E-state index in [4.69, 9.17) is 22.1 Å². The fourth-order valence-corrected chi connectivity index (χ4v) is 5.43. The lowest BCUT2D eigenvalue weighted by molar-refractivity contribution is 0.414. The summed E-state index contributed by atoms with van der Waals surface area (Å²) in [5.41, 5.74) is 8.52. The minimum absolute atomic E-state index is 0.00517. The predicted octanol–water partition coefficient (Wildman–Crippen LogP) is 4.54. The second kappa shape index (κ2) is 8.44. The number of fused-ring (bicyclic) bond motifs is 2. The van der Waals surface area contributed by atoms with E-state index in [1.807, 2.05) is 24.3 Å². The summed E-state index contributed by atoms with van der Waals surface area (Å²) in [4.78, 5) is 9.03. The van der Waals surface area contributed by atoms with Gasteiger partial charge in [0.25, 0.3) is 0 Å². The smallest absolute Gasteiger partial charge is 0.212 e. The van der Waals surface area contributed by atoms with E-state index < -0.39 is 9.84 Å². The van der Waals surface area contributed by atoms with Crippen molar-refractivity contribution in [1.29, 1.82) is 0 Å². The quantitative estimate of drug-likeness (QED) is 0.361. The normalized spacial score (nSPS) is 12.1. The fourth-order valence-electron chi connectivity index (χ4n) is 3.65. The zero-order valence-corrected chi connectivity index (χ0v) is 19.5. The highest BCUT2D eigenvalue weighted by atomic mass is 35.5. The number of nitrogens with two attached hydrogens (primary N) is 1. The van der Waals surface area contributed by atoms with Crippen molar-refractivity contribution in [3.63, 3.8) is 0 Å². The molecule has 0 saturated heterocycles. The van der Waals surface area contributed by atoms with Crippen LogP contribution in [-0.2, 0) is 9.84 Å². The third-order valence-corrected chi connectivity index (χ3v) is 7.30. The van der Waals surface area contributed by atoms with Crippen LogP contribution >= 0.6 is 11.6 Å². The predicted molar refractivity (Wildman–Crippen MR) is 132 cm³/mol. The van der Waals surface area contributed by atoms with Gasteiger partial charge in [-0.3, -0.25) is 0 Å². The van der Waals surface area contributed by atoms with Crippen molar-refractivity contribution in [1.82, 2.24) is 14.6 Å². The Morgan fingerprint density at radius 1 is 1.00 bits per heavy atom. The number of hydrogen-bond donors (Lipinski definition) is 1. The molecule has 0 aliphatic heterocycles. The average Bonchev–Trinajstić information content (AvgIpc) is 3.12. The van der Waals surface area contributed by atoms with Crippen LogP contribution in [0.1, 0.15) is 5.56 Å². The highest BCUT2D eigenvalue weighted by Gasteiger charge is 2.30. The first kappa shape index (κ1) is 21.9. The first-order valence-electron chi connectivity index (χ1n) is 10.1. The molecular formula is C24H18ClN5O3S. The van der Waals surface area contributed by atoms with Crippen LogP contribution in [-0.4, -0.2) is 36.4 Å². The van der Waals surface area contributed by atoms with E-state index in [0.29, 0.717) is 22.3 Å². The van der Waals surface area contributed by atoms with Crippen molar-refractivity contribution in [3.8, 4) is 5.75 Å². The van der Waals surface area contributed by atoms with Crippen LogP contribution < -0.4 is 10.5 Å². The fraction of sp³-hybridized carbons (Fsp3) is 0.0417. The Labute approximate surface area is 200 Å². The molecule has 0 spiro atoms. The minimum atomic E-state index is -4.09. The average molecular weight is 492 g/mol. The molecule has 0 radical (unpaired) electrons. The lowest BCUT2D eigenvalue weighted by Crippen LogP contribution is -2.06. The third-order valence-electron chi connectivity index (χ3n) is 5.25. The molecule has 0 fully saturated rings. The molecule has 2 N–H and O–H groups in total. The maximum atomic E-state index is 13.7. The summed E-state index contributed by atoms with van der Waals surface area (Å²) in [5, 5.41) is 4.74. The summed E-state index contributed by atoms with van der Waals surface area (Å²) in [7, 11) is -2.54. The van der Waals surface area contributed by atoms with Crippen molar-refractivity contribution >= 4 is 55.7 Å². The minimum Gasteiger partial charge on any atom is -0.496 e. The van der Waals surface area contributed by atoms with Crippen molar-refractivity contribution in [2.75, 3.05) is 12.8 Å². The van der Waals surface area contributed by atoms with Crippen molar-refractivity contribution in [3.05, 3.63) is 83.4 Å². The highest BCUT2D eigenvalue weighted by Crippen LogP contribution is 2.35. The van der Waals surface area contributed by atoms with Gasteiger partial charge in [-0.1, -0.05) is 41.9 Å². The van der Waals surface area contributed by atoms with Crippen LogP contribution in [0.25, 0.3) is 22.2 Å². The summed E-state index contributed by atoms with van der Waals surface area (Å²) in [5.74, 6) is 0.487. The molecule has 0 atom stereocenters. The third kappa shape index (κ3) is 3.64. The number of rotatable bonds is 5. The molecule has 0 amide bonds. The Morgan fingerprint density at radius 3 is 2.44 bits per heavy atom. The van der Waals surface area contributed by atoms with Gasteiger partial charge in [-0.2, -0.15) is 9.78 Å². The van der Waals surface area contributed by atoms with Gasteiger partial charge in [-0.05, 0) is 42.5 Å². The maximum absolute atomic E-state index is 13.7. The number of aromatic nitrogens is 3.